The molecule has 0 fully saturated rings. The molecule has 1 atom stereocenters. The molecule has 1 aromatic carbocycles. The van der Waals surface area contributed by atoms with Gasteiger partial charge in [-0.2, -0.15) is 0 Å². The molecule has 0 aliphatic carbocycles. The molecule has 3 N–H and O–H groups in total. The number of hydrogen-bond donors (Lipinski definition) is 3. The van der Waals surface area contributed by atoms with Gasteiger partial charge in [-0.05, 0) is 38.0 Å². The van der Waals surface area contributed by atoms with Crippen LogP contribution in [0.15, 0.2) is 35.1 Å². The summed E-state index contributed by atoms with van der Waals surface area (Å²) in [5, 5.41) is 15.0. The van der Waals surface area contributed by atoms with E-state index in [9.17, 15) is 9.90 Å². The summed E-state index contributed by atoms with van der Waals surface area (Å²) in [6.45, 7) is 5.49. The summed E-state index contributed by atoms with van der Waals surface area (Å²) >= 11 is 0. The molecule has 2 rings (SSSR count). The molecule has 6 heteroatoms. The van der Waals surface area contributed by atoms with Crippen LogP contribution in [0, 0.1) is 6.92 Å². The summed E-state index contributed by atoms with van der Waals surface area (Å²) in [7, 11) is 0. The molecular formula is C16H21N3O3. The molecule has 0 aliphatic heterocycles. The summed E-state index contributed by atoms with van der Waals surface area (Å²) in [5.74, 6) is 0.497. The number of aliphatic hydroxyl groups excluding tert-OH is 1. The fourth-order valence-corrected chi connectivity index (χ4v) is 1.92. The minimum atomic E-state index is -0.641. The van der Waals surface area contributed by atoms with Crippen molar-refractivity contribution in [2.24, 2.45) is 0 Å². The number of nitrogens with zero attached hydrogens (tertiary/aromatic N) is 1. The molecule has 0 spiro atoms. The number of hydrogen-bond acceptors (Lipinski definition) is 4. The average molecular weight is 303 g/mol. The van der Waals surface area contributed by atoms with E-state index < -0.39 is 5.54 Å². The summed E-state index contributed by atoms with van der Waals surface area (Å²) in [6, 6.07) is 5.23. The quantitative estimate of drug-likeness (QED) is 0.792. The van der Waals surface area contributed by atoms with Crippen LogP contribution in [0.1, 0.15) is 25.8 Å². The van der Waals surface area contributed by atoms with Gasteiger partial charge in [0.25, 0.3) is 0 Å². The van der Waals surface area contributed by atoms with E-state index in [1.807, 2.05) is 32.0 Å². The molecule has 1 aromatic heterocycles. The van der Waals surface area contributed by atoms with E-state index in [2.05, 4.69) is 15.6 Å². The third-order valence-corrected chi connectivity index (χ3v) is 3.71. The maximum Gasteiger partial charge on any atom is 0.319 e. The minimum absolute atomic E-state index is 0.119. The van der Waals surface area contributed by atoms with E-state index in [0.717, 1.165) is 11.1 Å². The molecule has 2 aromatic rings. The van der Waals surface area contributed by atoms with Crippen LogP contribution in [0.3, 0.4) is 0 Å². The van der Waals surface area contributed by atoms with Crippen molar-refractivity contribution >= 4 is 11.7 Å². The van der Waals surface area contributed by atoms with Crippen molar-refractivity contribution in [2.75, 3.05) is 11.9 Å². The Morgan fingerprint density at radius 1 is 1.45 bits per heavy atom. The van der Waals surface area contributed by atoms with Crippen molar-refractivity contribution < 1.29 is 14.3 Å². The smallest absolute Gasteiger partial charge is 0.319 e. The first-order chi connectivity index (χ1) is 10.5. The van der Waals surface area contributed by atoms with Crippen LogP contribution in [0.2, 0.25) is 0 Å². The number of rotatable bonds is 5. The van der Waals surface area contributed by atoms with E-state index in [4.69, 9.17) is 4.42 Å². The van der Waals surface area contributed by atoms with Gasteiger partial charge >= 0.3 is 6.03 Å². The number of nitrogens with one attached hydrogen (secondary N) is 2. The number of carbonyl (C=O) groups excluding carboxylic acids is 1. The number of amides is 2. The lowest BCUT2D eigenvalue weighted by molar-refractivity contribution is 0.172. The highest BCUT2D eigenvalue weighted by Crippen LogP contribution is 2.24. The molecule has 0 aliphatic rings. The first kappa shape index (κ1) is 16.0. The van der Waals surface area contributed by atoms with E-state index in [-0.39, 0.29) is 12.6 Å². The lowest BCUT2D eigenvalue weighted by atomic mass is 10.0. The van der Waals surface area contributed by atoms with Crippen molar-refractivity contribution in [1.82, 2.24) is 10.3 Å². The largest absolute Gasteiger partial charge is 0.445 e. The monoisotopic (exact) mass is 303 g/mol. The second-order valence-corrected chi connectivity index (χ2v) is 5.52. The number of urea groups is 1. The van der Waals surface area contributed by atoms with E-state index in [1.165, 1.54) is 6.26 Å². The molecule has 0 bridgehead atoms. The molecule has 1 unspecified atom stereocenters. The van der Waals surface area contributed by atoms with Gasteiger partial charge in [-0.3, -0.25) is 0 Å². The van der Waals surface area contributed by atoms with Gasteiger partial charge in [0.2, 0.25) is 5.89 Å². The highest BCUT2D eigenvalue weighted by molar-refractivity contribution is 5.91. The predicted octanol–water partition coefficient (Wildman–Crippen LogP) is 2.93. The standard InChI is InChI=1S/C16H21N3O3/c1-4-16(3,10-20)19-15(21)18-13-9-12(6-5-11(13)2)14-17-7-8-22-14/h5-9,20H,4,10H2,1-3H3,(H2,18,19,21). The van der Waals surface area contributed by atoms with Gasteiger partial charge in [0.1, 0.15) is 6.26 Å². The molecular weight excluding hydrogens is 282 g/mol. The number of carbonyl (C=O) groups is 1. The average Bonchev–Trinajstić information content (AvgIpc) is 3.03. The van der Waals surface area contributed by atoms with Crippen molar-refractivity contribution in [2.45, 2.75) is 32.7 Å². The fraction of sp³-hybridized carbons (Fsp3) is 0.375. The number of aryl methyl sites for hydroxylation is 1. The minimum Gasteiger partial charge on any atom is -0.445 e. The highest BCUT2D eigenvalue weighted by Gasteiger charge is 2.23. The fourth-order valence-electron chi connectivity index (χ4n) is 1.92. The first-order valence-electron chi connectivity index (χ1n) is 7.18. The summed E-state index contributed by atoms with van der Waals surface area (Å²) in [6.07, 6.45) is 3.71. The predicted molar refractivity (Wildman–Crippen MR) is 84.6 cm³/mol. The number of anilines is 1. The Labute approximate surface area is 129 Å². The topological polar surface area (TPSA) is 87.4 Å². The van der Waals surface area contributed by atoms with Crippen molar-refractivity contribution in [3.63, 3.8) is 0 Å². The second-order valence-electron chi connectivity index (χ2n) is 5.52. The van der Waals surface area contributed by atoms with Crippen LogP contribution in [0.4, 0.5) is 10.5 Å². The zero-order valence-corrected chi connectivity index (χ0v) is 13.0. The zero-order valence-electron chi connectivity index (χ0n) is 13.0. The molecule has 0 radical (unpaired) electrons. The van der Waals surface area contributed by atoms with Crippen LogP contribution in [0.25, 0.3) is 11.5 Å². The Balaban J connectivity index is 2.15. The normalized spacial score (nSPS) is 13.5. The van der Waals surface area contributed by atoms with Crippen molar-refractivity contribution in [3.8, 4) is 11.5 Å². The number of aliphatic hydroxyl groups is 1. The third-order valence-electron chi connectivity index (χ3n) is 3.71. The molecule has 118 valence electrons. The van der Waals surface area contributed by atoms with E-state index >= 15 is 0 Å². The maximum atomic E-state index is 12.1. The van der Waals surface area contributed by atoms with Crippen LogP contribution >= 0.6 is 0 Å². The van der Waals surface area contributed by atoms with Crippen LogP contribution in [-0.4, -0.2) is 28.3 Å². The lowest BCUT2D eigenvalue weighted by Gasteiger charge is -2.27. The van der Waals surface area contributed by atoms with Gasteiger partial charge in [-0.15, -0.1) is 0 Å². The molecule has 1 heterocycles. The first-order valence-corrected chi connectivity index (χ1v) is 7.18. The zero-order chi connectivity index (χ0) is 16.2. The van der Waals surface area contributed by atoms with Gasteiger partial charge in [-0.1, -0.05) is 13.0 Å². The SMILES string of the molecule is CCC(C)(CO)NC(=O)Nc1cc(-c2ncco2)ccc1C. The van der Waals surface area contributed by atoms with E-state index in [0.29, 0.717) is 18.0 Å². The number of aromatic nitrogens is 1. The Bertz CT molecular complexity index is 634. The van der Waals surface area contributed by atoms with Gasteiger partial charge in [-0.25, -0.2) is 9.78 Å². The summed E-state index contributed by atoms with van der Waals surface area (Å²) in [4.78, 5) is 16.2. The van der Waals surface area contributed by atoms with Crippen LogP contribution < -0.4 is 10.6 Å². The summed E-state index contributed by atoms with van der Waals surface area (Å²) < 4.78 is 5.26. The Morgan fingerprint density at radius 3 is 2.82 bits per heavy atom. The third kappa shape index (κ3) is 3.65. The van der Waals surface area contributed by atoms with Crippen LogP contribution in [-0.2, 0) is 0 Å². The Hall–Kier alpha value is -2.34. The van der Waals surface area contributed by atoms with Gasteiger partial charge in [0, 0.05) is 11.3 Å². The molecule has 6 nitrogen and oxygen atoms in total. The van der Waals surface area contributed by atoms with Gasteiger partial charge < -0.3 is 20.2 Å². The lowest BCUT2D eigenvalue weighted by Crippen LogP contribution is -2.50. The highest BCUT2D eigenvalue weighted by atomic mass is 16.3. The van der Waals surface area contributed by atoms with Crippen molar-refractivity contribution in [1.29, 1.82) is 0 Å². The number of oxazole rings is 1. The van der Waals surface area contributed by atoms with E-state index in [1.54, 1.807) is 13.1 Å². The molecule has 0 saturated heterocycles. The number of benzene rings is 1. The Morgan fingerprint density at radius 2 is 2.23 bits per heavy atom. The molecule has 22 heavy (non-hydrogen) atoms. The summed E-state index contributed by atoms with van der Waals surface area (Å²) in [5.41, 5.74) is 1.74. The second kappa shape index (κ2) is 6.62. The van der Waals surface area contributed by atoms with Crippen molar-refractivity contribution in [3.05, 3.63) is 36.2 Å². The van der Waals surface area contributed by atoms with Crippen LogP contribution in [0.5, 0.6) is 0 Å². The van der Waals surface area contributed by atoms with Gasteiger partial charge in [0.15, 0.2) is 0 Å². The molecule has 0 saturated carbocycles. The maximum absolute atomic E-state index is 12.1. The Kier molecular flexibility index (Phi) is 4.82. The van der Waals surface area contributed by atoms with Gasteiger partial charge in [0.05, 0.1) is 18.3 Å². The molecule has 2 amide bonds.